The maximum Gasteiger partial charge on any atom is 0.309 e. The molecule has 136 valence electrons. The molecule has 1 aromatic heterocycles. The molecule has 0 amide bonds. The van der Waals surface area contributed by atoms with E-state index in [4.69, 9.17) is 11.6 Å². The van der Waals surface area contributed by atoms with Crippen molar-refractivity contribution >= 4 is 28.5 Å². The molecule has 4 nitrogen and oxygen atoms in total. The molecule has 0 radical (unpaired) electrons. The number of fused-ring (bicyclic) bond motifs is 1. The summed E-state index contributed by atoms with van der Waals surface area (Å²) in [5.41, 5.74) is 3.13. The highest BCUT2D eigenvalue weighted by atomic mass is 35.5. The third kappa shape index (κ3) is 3.42. The molecule has 0 aliphatic heterocycles. The van der Waals surface area contributed by atoms with E-state index in [0.717, 1.165) is 27.7 Å². The second kappa shape index (κ2) is 6.69. The van der Waals surface area contributed by atoms with Gasteiger partial charge in [-0.25, -0.2) is 0 Å². The van der Waals surface area contributed by atoms with E-state index in [-0.39, 0.29) is 5.75 Å². The highest BCUT2D eigenvalue weighted by Crippen LogP contribution is 2.33. The molecule has 0 fully saturated rings. The topological polar surface area (TPSA) is 62.5 Å². The van der Waals surface area contributed by atoms with E-state index >= 15 is 0 Å². The van der Waals surface area contributed by atoms with Gasteiger partial charge in [0.15, 0.2) is 0 Å². The summed E-state index contributed by atoms with van der Waals surface area (Å²) in [7, 11) is 0. The molecule has 0 aliphatic rings. The first-order valence-electron chi connectivity index (χ1n) is 8.47. The van der Waals surface area contributed by atoms with Crippen molar-refractivity contribution in [1.82, 2.24) is 4.57 Å². The number of phenolic OH excluding ortho intramolecular Hbond substituents is 1. The van der Waals surface area contributed by atoms with Crippen molar-refractivity contribution in [3.63, 3.8) is 0 Å². The van der Waals surface area contributed by atoms with Crippen molar-refractivity contribution in [2.24, 2.45) is 5.41 Å². The Labute approximate surface area is 157 Å². The highest BCUT2D eigenvalue weighted by molar-refractivity contribution is 6.30. The van der Waals surface area contributed by atoms with Gasteiger partial charge in [-0.15, -0.1) is 0 Å². The molecular formula is C21H22ClNO3. The Kier molecular flexibility index (Phi) is 4.72. The van der Waals surface area contributed by atoms with Crippen molar-refractivity contribution in [2.75, 3.05) is 0 Å². The summed E-state index contributed by atoms with van der Waals surface area (Å²) in [6.45, 7) is 6.05. The van der Waals surface area contributed by atoms with Gasteiger partial charge in [-0.05, 0) is 62.2 Å². The van der Waals surface area contributed by atoms with E-state index in [0.29, 0.717) is 18.0 Å². The quantitative estimate of drug-likeness (QED) is 0.662. The second-order valence-corrected chi connectivity index (χ2v) is 7.79. The van der Waals surface area contributed by atoms with Crippen LogP contribution < -0.4 is 0 Å². The number of rotatable bonds is 5. The standard InChI is InChI=1S/C21H22ClNO3/c1-13-17-10-16(24)8-9-18(17)23(12-14-4-6-15(22)7-5-14)19(13)11-21(2,3)20(25)26/h4-10,24H,11-12H2,1-3H3,(H,25,26). The maximum absolute atomic E-state index is 11.6. The van der Waals surface area contributed by atoms with Crippen LogP contribution in [-0.2, 0) is 17.8 Å². The molecule has 0 saturated heterocycles. The van der Waals surface area contributed by atoms with Gasteiger partial charge in [0.05, 0.1) is 5.41 Å². The second-order valence-electron chi connectivity index (χ2n) is 7.35. The van der Waals surface area contributed by atoms with Crippen LogP contribution in [0.15, 0.2) is 42.5 Å². The Bertz CT molecular complexity index is 971. The van der Waals surface area contributed by atoms with E-state index in [9.17, 15) is 15.0 Å². The molecule has 1 heterocycles. The molecule has 2 N–H and O–H groups in total. The molecule has 3 aromatic rings. The number of aryl methyl sites for hydroxylation is 1. The summed E-state index contributed by atoms with van der Waals surface area (Å²) < 4.78 is 2.14. The van der Waals surface area contributed by atoms with Crippen molar-refractivity contribution in [3.8, 4) is 5.75 Å². The lowest BCUT2D eigenvalue weighted by atomic mass is 9.87. The number of carboxylic acids is 1. The first-order chi connectivity index (χ1) is 12.2. The summed E-state index contributed by atoms with van der Waals surface area (Å²) >= 11 is 5.98. The number of aliphatic carboxylic acids is 1. The third-order valence-corrected chi connectivity index (χ3v) is 5.13. The minimum atomic E-state index is -0.890. The van der Waals surface area contributed by atoms with E-state index in [1.807, 2.05) is 37.3 Å². The lowest BCUT2D eigenvalue weighted by Crippen LogP contribution is -2.27. The lowest BCUT2D eigenvalue weighted by Gasteiger charge is -2.21. The summed E-state index contributed by atoms with van der Waals surface area (Å²) in [5.74, 6) is -0.628. The van der Waals surface area contributed by atoms with Gasteiger partial charge in [-0.1, -0.05) is 23.7 Å². The fourth-order valence-electron chi connectivity index (χ4n) is 3.24. The van der Waals surface area contributed by atoms with Crippen LogP contribution in [0.1, 0.15) is 30.7 Å². The van der Waals surface area contributed by atoms with Crippen molar-refractivity contribution < 1.29 is 15.0 Å². The van der Waals surface area contributed by atoms with Crippen molar-refractivity contribution in [1.29, 1.82) is 0 Å². The number of halogens is 1. The largest absolute Gasteiger partial charge is 0.508 e. The number of benzene rings is 2. The van der Waals surface area contributed by atoms with Crippen molar-refractivity contribution in [3.05, 3.63) is 64.3 Å². The molecule has 0 spiro atoms. The Balaban J connectivity index is 2.16. The van der Waals surface area contributed by atoms with Gasteiger partial charge in [-0.3, -0.25) is 4.79 Å². The Morgan fingerprint density at radius 2 is 1.81 bits per heavy atom. The van der Waals surface area contributed by atoms with Crippen LogP contribution in [0.3, 0.4) is 0 Å². The molecule has 26 heavy (non-hydrogen) atoms. The maximum atomic E-state index is 11.6. The van der Waals surface area contributed by atoms with Crippen LogP contribution >= 0.6 is 11.6 Å². The summed E-state index contributed by atoms with van der Waals surface area (Å²) in [6, 6.07) is 12.9. The van der Waals surface area contributed by atoms with Gasteiger partial charge < -0.3 is 14.8 Å². The first kappa shape index (κ1) is 18.3. The molecular weight excluding hydrogens is 350 g/mol. The van der Waals surface area contributed by atoms with Crippen LogP contribution in [0, 0.1) is 12.3 Å². The molecule has 0 bridgehead atoms. The van der Waals surface area contributed by atoms with Gasteiger partial charge >= 0.3 is 5.97 Å². The number of hydrogen-bond acceptors (Lipinski definition) is 2. The van der Waals surface area contributed by atoms with Crippen LogP contribution in [0.5, 0.6) is 5.75 Å². The number of phenols is 1. The first-order valence-corrected chi connectivity index (χ1v) is 8.85. The number of aromatic nitrogens is 1. The number of carbonyl (C=O) groups is 1. The molecule has 0 atom stereocenters. The average molecular weight is 372 g/mol. The molecule has 3 rings (SSSR count). The molecule has 0 aliphatic carbocycles. The zero-order chi connectivity index (χ0) is 19.1. The number of hydrogen-bond donors (Lipinski definition) is 2. The predicted molar refractivity (Wildman–Crippen MR) is 104 cm³/mol. The predicted octanol–water partition coefficient (Wildman–Crippen LogP) is 5.01. The smallest absolute Gasteiger partial charge is 0.309 e. The van der Waals surface area contributed by atoms with E-state index in [2.05, 4.69) is 4.57 Å². The zero-order valence-corrected chi connectivity index (χ0v) is 15.8. The van der Waals surface area contributed by atoms with Crippen molar-refractivity contribution in [2.45, 2.75) is 33.7 Å². The average Bonchev–Trinajstić information content (AvgIpc) is 2.81. The minimum absolute atomic E-state index is 0.202. The van der Waals surface area contributed by atoms with Gasteiger partial charge in [-0.2, -0.15) is 0 Å². The Hall–Kier alpha value is -2.46. The normalized spacial score (nSPS) is 11.8. The molecule has 0 saturated carbocycles. The number of aromatic hydroxyl groups is 1. The fraction of sp³-hybridized carbons (Fsp3) is 0.286. The van der Waals surface area contributed by atoms with Gasteiger partial charge in [0.25, 0.3) is 0 Å². The molecule has 5 heteroatoms. The van der Waals surface area contributed by atoms with Gasteiger partial charge in [0.2, 0.25) is 0 Å². The Morgan fingerprint density at radius 1 is 1.15 bits per heavy atom. The number of nitrogens with zero attached hydrogens (tertiary/aromatic N) is 1. The fourth-order valence-corrected chi connectivity index (χ4v) is 3.36. The zero-order valence-electron chi connectivity index (χ0n) is 15.1. The van der Waals surface area contributed by atoms with Crippen LogP contribution in [0.25, 0.3) is 10.9 Å². The highest BCUT2D eigenvalue weighted by Gasteiger charge is 2.30. The third-order valence-electron chi connectivity index (χ3n) is 4.88. The van der Waals surface area contributed by atoms with E-state index in [1.165, 1.54) is 0 Å². The minimum Gasteiger partial charge on any atom is -0.508 e. The van der Waals surface area contributed by atoms with E-state index < -0.39 is 11.4 Å². The summed E-state index contributed by atoms with van der Waals surface area (Å²) in [6.07, 6.45) is 0.400. The van der Waals surface area contributed by atoms with Crippen LogP contribution in [-0.4, -0.2) is 20.7 Å². The SMILES string of the molecule is Cc1c(CC(C)(C)C(=O)O)n(Cc2ccc(Cl)cc2)c2ccc(O)cc12. The van der Waals surface area contributed by atoms with Gasteiger partial charge in [0.1, 0.15) is 5.75 Å². The Morgan fingerprint density at radius 3 is 2.42 bits per heavy atom. The number of carboxylic acid groups (broad SMARTS) is 1. The summed E-state index contributed by atoms with van der Waals surface area (Å²) in [5, 5.41) is 21.1. The van der Waals surface area contributed by atoms with Crippen LogP contribution in [0.4, 0.5) is 0 Å². The monoisotopic (exact) mass is 371 g/mol. The van der Waals surface area contributed by atoms with Crippen LogP contribution in [0.2, 0.25) is 5.02 Å². The summed E-state index contributed by atoms with van der Waals surface area (Å²) in [4.78, 5) is 11.6. The lowest BCUT2D eigenvalue weighted by molar-refractivity contribution is -0.146. The van der Waals surface area contributed by atoms with Gasteiger partial charge in [0, 0.05) is 34.6 Å². The molecule has 0 unspecified atom stereocenters. The van der Waals surface area contributed by atoms with E-state index in [1.54, 1.807) is 26.0 Å². The molecule has 2 aromatic carbocycles.